The molecule has 0 aliphatic heterocycles. The van der Waals surface area contributed by atoms with E-state index >= 15 is 0 Å². The van der Waals surface area contributed by atoms with E-state index in [2.05, 4.69) is 23.8 Å². The van der Waals surface area contributed by atoms with Crippen molar-refractivity contribution < 1.29 is 14.6 Å². The topological polar surface area (TPSA) is 102 Å². The highest BCUT2D eigenvalue weighted by Gasteiger charge is 2.22. The van der Waals surface area contributed by atoms with Crippen molar-refractivity contribution in [3.8, 4) is 16.9 Å². The Balaban J connectivity index is 1.92. The lowest BCUT2D eigenvalue weighted by molar-refractivity contribution is 0.203. The maximum atomic E-state index is 11.2. The fourth-order valence-corrected chi connectivity index (χ4v) is 4.21. The van der Waals surface area contributed by atoms with Crippen LogP contribution >= 0.6 is 11.3 Å². The molecular formula is C21H26N4O3S. The number of thiazole rings is 1. The van der Waals surface area contributed by atoms with E-state index < -0.39 is 11.6 Å². The van der Waals surface area contributed by atoms with E-state index in [1.54, 1.807) is 17.8 Å². The second-order valence-corrected chi connectivity index (χ2v) is 8.78. The third-order valence-electron chi connectivity index (χ3n) is 4.57. The van der Waals surface area contributed by atoms with E-state index in [-0.39, 0.29) is 0 Å². The Kier molecular flexibility index (Phi) is 6.04. The number of amides is 1. The van der Waals surface area contributed by atoms with Crippen molar-refractivity contribution in [1.82, 2.24) is 9.97 Å². The van der Waals surface area contributed by atoms with E-state index in [1.165, 1.54) is 18.4 Å². The number of anilines is 1. The largest absolute Gasteiger partial charge is 0.489 e. The summed E-state index contributed by atoms with van der Waals surface area (Å²) in [7, 11) is 1.47. The van der Waals surface area contributed by atoms with E-state index in [4.69, 9.17) is 10.5 Å². The molecule has 1 atom stereocenters. The standard InChI is InChI=1S/C21H26N4O3S/c1-13(2)10-21(3,22)11-28-16-6-5-15(19-18(16)24-12-29-19)14-7-8-23-17(9-14)25(4)20(26)27/h5-9,12-13H,10-11,22H2,1-4H3,(H,26,27)/t21-/m0/s1. The lowest BCUT2D eigenvalue weighted by Gasteiger charge is -2.26. The Hall–Kier alpha value is -2.71. The van der Waals surface area contributed by atoms with Gasteiger partial charge in [0.25, 0.3) is 0 Å². The molecule has 3 rings (SSSR count). The van der Waals surface area contributed by atoms with Crippen LogP contribution in [-0.4, -0.2) is 40.4 Å². The molecule has 0 radical (unpaired) electrons. The van der Waals surface area contributed by atoms with Crippen LogP contribution in [0, 0.1) is 5.92 Å². The van der Waals surface area contributed by atoms with E-state index in [1.807, 2.05) is 25.1 Å². The van der Waals surface area contributed by atoms with Gasteiger partial charge in [0.2, 0.25) is 0 Å². The molecule has 154 valence electrons. The van der Waals surface area contributed by atoms with Crippen molar-refractivity contribution >= 4 is 33.5 Å². The number of hydrogen-bond donors (Lipinski definition) is 2. The first-order valence-electron chi connectivity index (χ1n) is 9.39. The second-order valence-electron chi connectivity index (χ2n) is 7.93. The Morgan fingerprint density at radius 3 is 2.79 bits per heavy atom. The maximum absolute atomic E-state index is 11.2. The van der Waals surface area contributed by atoms with Gasteiger partial charge >= 0.3 is 6.09 Å². The summed E-state index contributed by atoms with van der Waals surface area (Å²) in [6, 6.07) is 7.46. The van der Waals surface area contributed by atoms with Gasteiger partial charge in [-0.1, -0.05) is 13.8 Å². The third-order valence-corrected chi connectivity index (χ3v) is 5.43. The molecule has 0 aliphatic carbocycles. The highest BCUT2D eigenvalue weighted by atomic mass is 32.1. The van der Waals surface area contributed by atoms with Crippen molar-refractivity contribution in [2.45, 2.75) is 32.7 Å². The summed E-state index contributed by atoms with van der Waals surface area (Å²) in [5.74, 6) is 1.54. The third kappa shape index (κ3) is 4.83. The van der Waals surface area contributed by atoms with Gasteiger partial charge in [0.05, 0.1) is 10.2 Å². The number of fused-ring (bicyclic) bond motifs is 1. The first-order valence-corrected chi connectivity index (χ1v) is 10.3. The number of ether oxygens (including phenoxy) is 1. The predicted octanol–water partition coefficient (Wildman–Crippen LogP) is 4.61. The minimum atomic E-state index is -1.06. The summed E-state index contributed by atoms with van der Waals surface area (Å²) in [6.45, 7) is 6.68. The number of nitrogens with zero attached hydrogens (tertiary/aromatic N) is 3. The fourth-order valence-electron chi connectivity index (χ4n) is 3.37. The second kappa shape index (κ2) is 8.34. The molecule has 7 nitrogen and oxygen atoms in total. The number of carbonyl (C=O) groups is 1. The van der Waals surface area contributed by atoms with E-state index in [9.17, 15) is 9.90 Å². The molecule has 2 aromatic heterocycles. The molecule has 29 heavy (non-hydrogen) atoms. The lowest BCUT2D eigenvalue weighted by atomic mass is 9.93. The number of pyridine rings is 1. The van der Waals surface area contributed by atoms with Crippen molar-refractivity contribution in [3.63, 3.8) is 0 Å². The van der Waals surface area contributed by atoms with Crippen LogP contribution < -0.4 is 15.4 Å². The van der Waals surface area contributed by atoms with Crippen LogP contribution in [0.3, 0.4) is 0 Å². The highest BCUT2D eigenvalue weighted by Crippen LogP contribution is 2.37. The zero-order chi connectivity index (χ0) is 21.2. The molecule has 2 heterocycles. The maximum Gasteiger partial charge on any atom is 0.412 e. The molecule has 0 bridgehead atoms. The molecule has 8 heteroatoms. The lowest BCUT2D eigenvalue weighted by Crippen LogP contribution is -2.43. The smallest absolute Gasteiger partial charge is 0.412 e. The van der Waals surface area contributed by atoms with Gasteiger partial charge in [-0.05, 0) is 49.1 Å². The average molecular weight is 415 g/mol. The van der Waals surface area contributed by atoms with Crippen LogP contribution in [-0.2, 0) is 0 Å². The number of rotatable bonds is 7. The van der Waals surface area contributed by atoms with Crippen molar-refractivity contribution in [2.24, 2.45) is 11.7 Å². The molecular weight excluding hydrogens is 388 g/mol. The zero-order valence-electron chi connectivity index (χ0n) is 17.0. The van der Waals surface area contributed by atoms with Crippen LogP contribution in [0.4, 0.5) is 10.6 Å². The molecule has 1 amide bonds. The van der Waals surface area contributed by atoms with Gasteiger partial charge in [0.15, 0.2) is 0 Å². The summed E-state index contributed by atoms with van der Waals surface area (Å²) >= 11 is 1.51. The van der Waals surface area contributed by atoms with Crippen LogP contribution in [0.5, 0.6) is 5.75 Å². The molecule has 0 aliphatic rings. The van der Waals surface area contributed by atoms with Gasteiger partial charge in [-0.3, -0.25) is 4.90 Å². The van der Waals surface area contributed by atoms with Crippen LogP contribution in [0.1, 0.15) is 27.2 Å². The minimum absolute atomic E-state index is 0.362. The van der Waals surface area contributed by atoms with Gasteiger partial charge in [-0.25, -0.2) is 14.8 Å². The molecule has 0 spiro atoms. The first-order chi connectivity index (χ1) is 13.7. The molecule has 0 unspecified atom stereocenters. The monoisotopic (exact) mass is 414 g/mol. The van der Waals surface area contributed by atoms with Gasteiger partial charge < -0.3 is 15.6 Å². The molecule has 0 fully saturated rings. The molecule has 3 N–H and O–H groups in total. The molecule has 3 aromatic rings. The number of nitrogens with two attached hydrogens (primary N) is 1. The Bertz CT molecular complexity index is 1020. The summed E-state index contributed by atoms with van der Waals surface area (Å²) in [6.07, 6.45) is 1.41. The van der Waals surface area contributed by atoms with E-state index in [0.29, 0.717) is 24.1 Å². The van der Waals surface area contributed by atoms with Crippen LogP contribution in [0.15, 0.2) is 36.0 Å². The van der Waals surface area contributed by atoms with Crippen molar-refractivity contribution in [3.05, 3.63) is 36.0 Å². The summed E-state index contributed by atoms with van der Waals surface area (Å²) in [5.41, 5.74) is 10.3. The number of aromatic nitrogens is 2. The number of hydrogen-bond acceptors (Lipinski definition) is 6. The normalized spacial score (nSPS) is 13.4. The number of benzene rings is 1. The summed E-state index contributed by atoms with van der Waals surface area (Å²) < 4.78 is 7.02. The predicted molar refractivity (Wildman–Crippen MR) is 117 cm³/mol. The van der Waals surface area contributed by atoms with Crippen molar-refractivity contribution in [1.29, 1.82) is 0 Å². The van der Waals surface area contributed by atoms with Crippen molar-refractivity contribution in [2.75, 3.05) is 18.6 Å². The Morgan fingerprint density at radius 2 is 2.10 bits per heavy atom. The van der Waals surface area contributed by atoms with Gasteiger partial charge in [-0.2, -0.15) is 0 Å². The summed E-state index contributed by atoms with van der Waals surface area (Å²) in [4.78, 5) is 20.9. The minimum Gasteiger partial charge on any atom is -0.489 e. The fraction of sp³-hybridized carbons (Fsp3) is 0.381. The molecule has 0 saturated heterocycles. The Morgan fingerprint density at radius 1 is 1.34 bits per heavy atom. The Labute approximate surface area is 174 Å². The van der Waals surface area contributed by atoms with Gasteiger partial charge in [0.1, 0.15) is 23.7 Å². The zero-order valence-corrected chi connectivity index (χ0v) is 17.9. The number of carboxylic acid groups (broad SMARTS) is 1. The SMILES string of the molecule is CC(C)C[C@](C)(N)COc1ccc(-c2ccnc(N(C)C(=O)O)c2)c2scnc12. The molecule has 0 saturated carbocycles. The molecule has 1 aromatic carbocycles. The van der Waals surface area contributed by atoms with Gasteiger partial charge in [0, 0.05) is 24.3 Å². The quantitative estimate of drug-likeness (QED) is 0.585. The highest BCUT2D eigenvalue weighted by molar-refractivity contribution is 7.17. The van der Waals surface area contributed by atoms with Gasteiger partial charge in [-0.15, -0.1) is 11.3 Å². The average Bonchev–Trinajstić information content (AvgIpc) is 3.14. The van der Waals surface area contributed by atoms with E-state index in [0.717, 1.165) is 32.7 Å². The first kappa shape index (κ1) is 21.0. The summed E-state index contributed by atoms with van der Waals surface area (Å²) in [5, 5.41) is 9.20. The van der Waals surface area contributed by atoms with Crippen LogP contribution in [0.25, 0.3) is 21.3 Å². The van der Waals surface area contributed by atoms with Crippen LogP contribution in [0.2, 0.25) is 0 Å².